The van der Waals surface area contributed by atoms with Gasteiger partial charge in [0, 0.05) is 10.8 Å². The average Bonchev–Trinajstić information content (AvgIpc) is 2.89. The van der Waals surface area contributed by atoms with Gasteiger partial charge < -0.3 is 5.32 Å². The van der Waals surface area contributed by atoms with Crippen molar-refractivity contribution in [1.82, 2.24) is 15.1 Å². The zero-order valence-electron chi connectivity index (χ0n) is 11.5. The SMILES string of the molecule is CNC(c1c(Cl)cnn1C(C)C)C1(C)CCCS1. The second kappa shape index (κ2) is 5.43. The average molecular weight is 288 g/mol. The summed E-state index contributed by atoms with van der Waals surface area (Å²) in [6, 6.07) is 0.584. The van der Waals surface area contributed by atoms with Gasteiger partial charge in [0.05, 0.1) is 23.0 Å². The van der Waals surface area contributed by atoms with Gasteiger partial charge in [0.25, 0.3) is 0 Å². The summed E-state index contributed by atoms with van der Waals surface area (Å²) in [5.41, 5.74) is 1.13. The Morgan fingerprint density at radius 1 is 1.56 bits per heavy atom. The van der Waals surface area contributed by atoms with Crippen LogP contribution in [0.2, 0.25) is 5.02 Å². The first-order valence-electron chi connectivity index (χ1n) is 6.53. The molecule has 1 aromatic heterocycles. The van der Waals surface area contributed by atoms with Crippen LogP contribution in [0.25, 0.3) is 0 Å². The number of nitrogens with one attached hydrogen (secondary N) is 1. The molecule has 1 fully saturated rings. The number of aromatic nitrogens is 2. The third-order valence-corrected chi connectivity index (χ3v) is 5.58. The van der Waals surface area contributed by atoms with Gasteiger partial charge in [-0.15, -0.1) is 0 Å². The van der Waals surface area contributed by atoms with Crippen LogP contribution in [0.5, 0.6) is 0 Å². The van der Waals surface area contributed by atoms with E-state index in [1.54, 1.807) is 6.20 Å². The van der Waals surface area contributed by atoms with Gasteiger partial charge in [0.2, 0.25) is 0 Å². The van der Waals surface area contributed by atoms with Crippen LogP contribution >= 0.6 is 23.4 Å². The van der Waals surface area contributed by atoms with E-state index < -0.39 is 0 Å². The summed E-state index contributed by atoms with van der Waals surface area (Å²) in [7, 11) is 2.02. The third kappa shape index (κ3) is 2.43. The monoisotopic (exact) mass is 287 g/mol. The minimum absolute atomic E-state index is 0.213. The molecule has 5 heteroatoms. The number of thioether (sulfide) groups is 1. The number of nitrogens with zero attached hydrogens (tertiary/aromatic N) is 2. The molecule has 2 rings (SSSR count). The number of hydrogen-bond donors (Lipinski definition) is 1. The van der Waals surface area contributed by atoms with E-state index in [4.69, 9.17) is 11.6 Å². The maximum Gasteiger partial charge on any atom is 0.0834 e. The fourth-order valence-electron chi connectivity index (χ4n) is 2.79. The molecule has 0 aliphatic carbocycles. The molecule has 18 heavy (non-hydrogen) atoms. The Morgan fingerprint density at radius 2 is 2.28 bits per heavy atom. The lowest BCUT2D eigenvalue weighted by molar-refractivity contribution is 0.392. The highest BCUT2D eigenvalue weighted by Crippen LogP contribution is 2.47. The number of halogens is 1. The number of rotatable bonds is 4. The van der Waals surface area contributed by atoms with Crippen molar-refractivity contribution in [2.75, 3.05) is 12.8 Å². The molecule has 0 aromatic carbocycles. The predicted molar refractivity (Wildman–Crippen MR) is 79.5 cm³/mol. The molecular weight excluding hydrogens is 266 g/mol. The summed E-state index contributed by atoms with van der Waals surface area (Å²) in [6.45, 7) is 6.62. The van der Waals surface area contributed by atoms with Crippen LogP contribution < -0.4 is 5.32 Å². The van der Waals surface area contributed by atoms with Crippen LogP contribution in [-0.4, -0.2) is 27.3 Å². The summed E-state index contributed by atoms with van der Waals surface area (Å²) < 4.78 is 2.26. The van der Waals surface area contributed by atoms with Gasteiger partial charge in [0.1, 0.15) is 0 Å². The van der Waals surface area contributed by atoms with E-state index in [1.165, 1.54) is 18.6 Å². The van der Waals surface area contributed by atoms with Gasteiger partial charge in [-0.2, -0.15) is 16.9 Å². The minimum atomic E-state index is 0.213. The maximum atomic E-state index is 6.37. The van der Waals surface area contributed by atoms with E-state index in [1.807, 2.05) is 23.5 Å². The Morgan fingerprint density at radius 3 is 2.78 bits per heavy atom. The molecule has 2 atom stereocenters. The first-order valence-corrected chi connectivity index (χ1v) is 7.90. The predicted octanol–water partition coefficient (Wildman–Crippen LogP) is 3.66. The Hall–Kier alpha value is -0.190. The smallest absolute Gasteiger partial charge is 0.0834 e. The molecule has 102 valence electrons. The lowest BCUT2D eigenvalue weighted by atomic mass is 9.93. The van der Waals surface area contributed by atoms with Crippen LogP contribution in [0.15, 0.2) is 6.20 Å². The molecule has 3 nitrogen and oxygen atoms in total. The molecule has 2 unspecified atom stereocenters. The molecule has 0 amide bonds. The lowest BCUT2D eigenvalue weighted by Gasteiger charge is -2.34. The Kier molecular flexibility index (Phi) is 4.29. The normalized spacial score (nSPS) is 25.9. The van der Waals surface area contributed by atoms with Crippen molar-refractivity contribution in [3.8, 4) is 0 Å². The van der Waals surface area contributed by atoms with Crippen LogP contribution in [0.1, 0.15) is 51.4 Å². The molecule has 0 bridgehead atoms. The van der Waals surface area contributed by atoms with E-state index in [0.717, 1.165) is 10.7 Å². The quantitative estimate of drug-likeness (QED) is 0.916. The molecule has 1 aromatic rings. The van der Waals surface area contributed by atoms with Crippen molar-refractivity contribution in [1.29, 1.82) is 0 Å². The molecule has 1 aliphatic heterocycles. The van der Waals surface area contributed by atoms with Crippen molar-refractivity contribution in [3.63, 3.8) is 0 Å². The summed E-state index contributed by atoms with van der Waals surface area (Å²) in [5, 5.41) is 8.65. The van der Waals surface area contributed by atoms with Gasteiger partial charge in [-0.05, 0) is 46.4 Å². The zero-order valence-corrected chi connectivity index (χ0v) is 13.1. The van der Waals surface area contributed by atoms with E-state index in [0.29, 0.717) is 6.04 Å². The standard InChI is InChI=1S/C13H22ClN3S/c1-9(2)17-11(10(14)8-16-17)12(15-4)13(3)6-5-7-18-13/h8-9,12,15H,5-7H2,1-4H3. The van der Waals surface area contributed by atoms with Gasteiger partial charge in [0.15, 0.2) is 0 Å². The fourth-order valence-corrected chi connectivity index (χ4v) is 4.47. The molecule has 2 heterocycles. The number of hydrogen-bond acceptors (Lipinski definition) is 3. The molecule has 0 spiro atoms. The molecule has 1 N–H and O–H groups in total. The highest BCUT2D eigenvalue weighted by Gasteiger charge is 2.40. The Balaban J connectivity index is 2.41. The van der Waals surface area contributed by atoms with Gasteiger partial charge >= 0.3 is 0 Å². The molecule has 1 saturated heterocycles. The first kappa shape index (κ1) is 14.2. The van der Waals surface area contributed by atoms with Crippen molar-refractivity contribution in [2.24, 2.45) is 0 Å². The second-order valence-electron chi connectivity index (χ2n) is 5.40. The summed E-state index contributed by atoms with van der Waals surface area (Å²) in [5.74, 6) is 1.24. The minimum Gasteiger partial charge on any atom is -0.311 e. The third-order valence-electron chi connectivity index (χ3n) is 3.70. The Bertz CT molecular complexity index is 410. The van der Waals surface area contributed by atoms with Crippen molar-refractivity contribution >= 4 is 23.4 Å². The van der Waals surface area contributed by atoms with Gasteiger partial charge in [-0.1, -0.05) is 11.6 Å². The highest BCUT2D eigenvalue weighted by molar-refractivity contribution is 8.00. The summed E-state index contributed by atoms with van der Waals surface area (Å²) in [4.78, 5) is 0. The largest absolute Gasteiger partial charge is 0.311 e. The van der Waals surface area contributed by atoms with Gasteiger partial charge in [-0.3, -0.25) is 4.68 Å². The second-order valence-corrected chi connectivity index (χ2v) is 7.44. The van der Waals surface area contributed by atoms with Crippen LogP contribution in [0, 0.1) is 0 Å². The van der Waals surface area contributed by atoms with Crippen LogP contribution in [0.4, 0.5) is 0 Å². The fraction of sp³-hybridized carbons (Fsp3) is 0.769. The van der Waals surface area contributed by atoms with Crippen molar-refractivity contribution in [3.05, 3.63) is 16.9 Å². The highest BCUT2D eigenvalue weighted by atomic mass is 35.5. The maximum absolute atomic E-state index is 6.37. The van der Waals surface area contributed by atoms with Gasteiger partial charge in [-0.25, -0.2) is 0 Å². The summed E-state index contributed by atoms with van der Waals surface area (Å²) in [6.07, 6.45) is 4.28. The van der Waals surface area contributed by atoms with Crippen LogP contribution in [-0.2, 0) is 0 Å². The molecule has 0 radical (unpaired) electrons. The Labute approximate surface area is 119 Å². The van der Waals surface area contributed by atoms with Crippen molar-refractivity contribution < 1.29 is 0 Å². The van der Waals surface area contributed by atoms with E-state index >= 15 is 0 Å². The topological polar surface area (TPSA) is 29.9 Å². The molecule has 0 saturated carbocycles. The zero-order chi connectivity index (χ0) is 13.3. The van der Waals surface area contributed by atoms with E-state index in [9.17, 15) is 0 Å². The van der Waals surface area contributed by atoms with E-state index in [2.05, 4.69) is 31.2 Å². The van der Waals surface area contributed by atoms with Crippen LogP contribution in [0.3, 0.4) is 0 Å². The van der Waals surface area contributed by atoms with E-state index in [-0.39, 0.29) is 10.8 Å². The molecule has 1 aliphatic rings. The summed E-state index contributed by atoms with van der Waals surface area (Å²) >= 11 is 8.41. The van der Waals surface area contributed by atoms with Crippen molar-refractivity contribution in [2.45, 2.75) is 50.4 Å². The first-order chi connectivity index (χ1) is 8.49. The lowest BCUT2D eigenvalue weighted by Crippen LogP contribution is -2.37. The molecular formula is C13H22ClN3S.